The molecule has 104 valence electrons. The van der Waals surface area contributed by atoms with Crippen molar-refractivity contribution >= 4 is 11.9 Å². The molecule has 0 unspecified atom stereocenters. The highest BCUT2D eigenvalue weighted by molar-refractivity contribution is 5.84. The van der Waals surface area contributed by atoms with Gasteiger partial charge >= 0.3 is 5.97 Å². The van der Waals surface area contributed by atoms with Gasteiger partial charge in [0.25, 0.3) is 0 Å². The van der Waals surface area contributed by atoms with Crippen LogP contribution >= 0.6 is 0 Å². The quantitative estimate of drug-likeness (QED) is 0.839. The standard InChI is InChI=1S/C14H25NO3/c1-6-15(7-2)11(16)10-8-9-14(5,12(17)18)13(10,3)4/h10H,6-9H2,1-5H3,(H,17,18)/t10-,14-/m0/s1. The number of aliphatic carboxylic acids is 1. The van der Waals surface area contributed by atoms with Gasteiger partial charge in [-0.15, -0.1) is 0 Å². The van der Waals surface area contributed by atoms with Crippen LogP contribution in [0.15, 0.2) is 0 Å². The lowest BCUT2D eigenvalue weighted by molar-refractivity contribution is -0.156. The summed E-state index contributed by atoms with van der Waals surface area (Å²) in [6, 6.07) is 0. The van der Waals surface area contributed by atoms with Crippen LogP contribution in [0.2, 0.25) is 0 Å². The van der Waals surface area contributed by atoms with Crippen LogP contribution < -0.4 is 0 Å². The summed E-state index contributed by atoms with van der Waals surface area (Å²) in [6.07, 6.45) is 1.25. The zero-order chi connectivity index (χ0) is 14.1. The Kier molecular flexibility index (Phi) is 4.08. The molecule has 2 atom stereocenters. The molecular weight excluding hydrogens is 230 g/mol. The number of carbonyl (C=O) groups is 2. The molecule has 1 amide bonds. The fraction of sp³-hybridized carbons (Fsp3) is 0.857. The molecule has 0 radical (unpaired) electrons. The summed E-state index contributed by atoms with van der Waals surface area (Å²) in [6.45, 7) is 10.9. The van der Waals surface area contributed by atoms with Gasteiger partial charge in [-0.25, -0.2) is 0 Å². The Labute approximate surface area is 109 Å². The van der Waals surface area contributed by atoms with E-state index in [1.54, 1.807) is 11.8 Å². The third-order valence-corrected chi connectivity index (χ3v) is 5.07. The van der Waals surface area contributed by atoms with Gasteiger partial charge in [0.1, 0.15) is 0 Å². The fourth-order valence-corrected chi connectivity index (χ4v) is 3.07. The lowest BCUT2D eigenvalue weighted by Crippen LogP contribution is -2.46. The van der Waals surface area contributed by atoms with Crippen LogP contribution in [0.1, 0.15) is 47.5 Å². The Morgan fingerprint density at radius 1 is 1.22 bits per heavy atom. The molecule has 0 aromatic carbocycles. The summed E-state index contributed by atoms with van der Waals surface area (Å²) in [5, 5.41) is 9.44. The molecule has 0 aromatic heterocycles. The molecule has 0 saturated heterocycles. The van der Waals surface area contributed by atoms with E-state index in [9.17, 15) is 14.7 Å². The number of carbonyl (C=O) groups excluding carboxylic acids is 1. The van der Waals surface area contributed by atoms with Crippen LogP contribution in [0.5, 0.6) is 0 Å². The second kappa shape index (κ2) is 4.90. The molecule has 1 aliphatic rings. The van der Waals surface area contributed by atoms with Gasteiger partial charge in [0.15, 0.2) is 0 Å². The predicted molar refractivity (Wildman–Crippen MR) is 70.2 cm³/mol. The molecule has 1 rings (SSSR count). The second-order valence-corrected chi connectivity index (χ2v) is 5.96. The molecule has 0 aliphatic heterocycles. The van der Waals surface area contributed by atoms with E-state index < -0.39 is 16.8 Å². The van der Waals surface area contributed by atoms with Crippen molar-refractivity contribution in [3.05, 3.63) is 0 Å². The Hall–Kier alpha value is -1.06. The first-order valence-electron chi connectivity index (χ1n) is 6.74. The minimum absolute atomic E-state index is 0.106. The first-order chi connectivity index (χ1) is 8.22. The van der Waals surface area contributed by atoms with Gasteiger partial charge in [-0.2, -0.15) is 0 Å². The zero-order valence-corrected chi connectivity index (χ0v) is 12.1. The Morgan fingerprint density at radius 3 is 2.06 bits per heavy atom. The summed E-state index contributed by atoms with van der Waals surface area (Å²) in [4.78, 5) is 25.8. The van der Waals surface area contributed by atoms with Crippen molar-refractivity contribution in [2.75, 3.05) is 13.1 Å². The number of hydrogen-bond donors (Lipinski definition) is 1. The third-order valence-electron chi connectivity index (χ3n) is 5.07. The van der Waals surface area contributed by atoms with E-state index in [4.69, 9.17) is 0 Å². The van der Waals surface area contributed by atoms with Gasteiger partial charge in [-0.3, -0.25) is 9.59 Å². The third kappa shape index (κ3) is 2.02. The molecule has 4 nitrogen and oxygen atoms in total. The number of nitrogens with zero attached hydrogens (tertiary/aromatic N) is 1. The molecule has 1 saturated carbocycles. The molecule has 0 aromatic rings. The van der Waals surface area contributed by atoms with E-state index >= 15 is 0 Å². The van der Waals surface area contributed by atoms with E-state index in [0.29, 0.717) is 25.9 Å². The van der Waals surface area contributed by atoms with Gasteiger partial charge in [-0.05, 0) is 39.0 Å². The van der Waals surface area contributed by atoms with E-state index in [2.05, 4.69) is 0 Å². The number of carboxylic acid groups (broad SMARTS) is 1. The van der Waals surface area contributed by atoms with Crippen molar-refractivity contribution in [2.45, 2.75) is 47.5 Å². The largest absolute Gasteiger partial charge is 0.481 e. The molecule has 0 heterocycles. The summed E-state index contributed by atoms with van der Waals surface area (Å²) in [7, 11) is 0. The molecule has 18 heavy (non-hydrogen) atoms. The Morgan fingerprint density at radius 2 is 1.72 bits per heavy atom. The van der Waals surface area contributed by atoms with Crippen molar-refractivity contribution in [2.24, 2.45) is 16.7 Å². The highest BCUT2D eigenvalue weighted by atomic mass is 16.4. The Bertz CT molecular complexity index is 347. The maximum atomic E-state index is 12.5. The second-order valence-electron chi connectivity index (χ2n) is 5.96. The van der Waals surface area contributed by atoms with E-state index in [0.717, 1.165) is 0 Å². The molecule has 0 spiro atoms. The van der Waals surface area contributed by atoms with Crippen molar-refractivity contribution in [3.8, 4) is 0 Å². The van der Waals surface area contributed by atoms with Crippen molar-refractivity contribution < 1.29 is 14.7 Å². The van der Waals surface area contributed by atoms with Crippen molar-refractivity contribution in [3.63, 3.8) is 0 Å². The summed E-state index contributed by atoms with van der Waals surface area (Å²) in [5.74, 6) is -0.865. The number of hydrogen-bond acceptors (Lipinski definition) is 2. The van der Waals surface area contributed by atoms with Gasteiger partial charge in [-0.1, -0.05) is 13.8 Å². The fourth-order valence-electron chi connectivity index (χ4n) is 3.07. The van der Waals surface area contributed by atoms with Gasteiger partial charge in [0, 0.05) is 19.0 Å². The molecule has 1 N–H and O–H groups in total. The number of rotatable bonds is 4. The van der Waals surface area contributed by atoms with Crippen molar-refractivity contribution in [1.29, 1.82) is 0 Å². The predicted octanol–water partition coefficient (Wildman–Crippen LogP) is 2.38. The van der Waals surface area contributed by atoms with Gasteiger partial charge in [0.05, 0.1) is 5.41 Å². The summed E-state index contributed by atoms with van der Waals surface area (Å²) in [5.41, 5.74) is -1.31. The normalized spacial score (nSPS) is 30.2. The van der Waals surface area contributed by atoms with E-state index in [1.165, 1.54) is 0 Å². The van der Waals surface area contributed by atoms with E-state index in [-0.39, 0.29) is 11.8 Å². The molecule has 4 heteroatoms. The summed E-state index contributed by atoms with van der Waals surface area (Å²) >= 11 is 0. The molecule has 0 bridgehead atoms. The maximum absolute atomic E-state index is 12.5. The van der Waals surface area contributed by atoms with Crippen LogP contribution in [0.25, 0.3) is 0 Å². The highest BCUT2D eigenvalue weighted by Crippen LogP contribution is 2.56. The molecule has 1 aliphatic carbocycles. The minimum Gasteiger partial charge on any atom is -0.481 e. The number of carboxylic acids is 1. The smallest absolute Gasteiger partial charge is 0.309 e. The molecular formula is C14H25NO3. The van der Waals surface area contributed by atoms with Gasteiger partial charge < -0.3 is 10.0 Å². The Balaban J connectivity index is 3.02. The van der Waals surface area contributed by atoms with Crippen LogP contribution in [-0.2, 0) is 9.59 Å². The average Bonchev–Trinajstić information content (AvgIpc) is 2.53. The molecule has 1 fully saturated rings. The van der Waals surface area contributed by atoms with Crippen LogP contribution in [0.3, 0.4) is 0 Å². The first-order valence-corrected chi connectivity index (χ1v) is 6.74. The lowest BCUT2D eigenvalue weighted by atomic mass is 9.65. The lowest BCUT2D eigenvalue weighted by Gasteiger charge is -2.39. The number of amides is 1. The SMILES string of the molecule is CCN(CC)C(=O)[C@@H]1CC[C@@](C)(C(=O)O)C1(C)C. The topological polar surface area (TPSA) is 57.6 Å². The van der Waals surface area contributed by atoms with Crippen LogP contribution in [-0.4, -0.2) is 35.0 Å². The van der Waals surface area contributed by atoms with Crippen molar-refractivity contribution in [1.82, 2.24) is 4.90 Å². The zero-order valence-electron chi connectivity index (χ0n) is 12.1. The summed E-state index contributed by atoms with van der Waals surface area (Å²) < 4.78 is 0. The monoisotopic (exact) mass is 255 g/mol. The van der Waals surface area contributed by atoms with Crippen LogP contribution in [0.4, 0.5) is 0 Å². The maximum Gasteiger partial charge on any atom is 0.309 e. The minimum atomic E-state index is -0.805. The van der Waals surface area contributed by atoms with Crippen LogP contribution in [0, 0.1) is 16.7 Å². The average molecular weight is 255 g/mol. The van der Waals surface area contributed by atoms with E-state index in [1.807, 2.05) is 27.7 Å². The first kappa shape index (κ1) is 15.0. The van der Waals surface area contributed by atoms with Gasteiger partial charge in [0.2, 0.25) is 5.91 Å². The highest BCUT2D eigenvalue weighted by Gasteiger charge is 2.58.